The maximum Gasteiger partial charge on any atom is 0.166 e. The first-order valence-corrected chi connectivity index (χ1v) is 6.29. The van der Waals surface area contributed by atoms with Gasteiger partial charge in [-0.05, 0) is 31.9 Å². The third kappa shape index (κ3) is 1.80. The first-order valence-electron chi connectivity index (χ1n) is 5.30. The van der Waals surface area contributed by atoms with Crippen LogP contribution in [0.5, 0.6) is 0 Å². The Bertz CT molecular complexity index is 302. The Labute approximate surface area is 89.1 Å². The number of thioether (sulfide) groups is 1. The number of hydrogen-bond acceptors (Lipinski definition) is 3. The molecule has 2 rings (SSSR count). The molecule has 0 spiro atoms. The molecule has 0 aliphatic carbocycles. The van der Waals surface area contributed by atoms with E-state index in [1.807, 2.05) is 11.8 Å². The van der Waals surface area contributed by atoms with Crippen molar-refractivity contribution in [2.24, 2.45) is 0 Å². The Morgan fingerprint density at radius 2 is 2.43 bits per heavy atom. The Morgan fingerprint density at radius 1 is 1.57 bits per heavy atom. The van der Waals surface area contributed by atoms with Crippen LogP contribution in [-0.2, 0) is 11.2 Å². The van der Waals surface area contributed by atoms with Crippen molar-refractivity contribution in [3.8, 4) is 0 Å². The van der Waals surface area contributed by atoms with Gasteiger partial charge in [0, 0.05) is 6.42 Å². The van der Waals surface area contributed by atoms with E-state index in [0.29, 0.717) is 0 Å². The second-order valence-corrected chi connectivity index (χ2v) is 5.64. The maximum atomic E-state index is 4.57. The minimum atomic E-state index is 0.169. The highest BCUT2D eigenvalue weighted by Gasteiger charge is 2.35. The average Bonchev–Trinajstić information content (AvgIpc) is 2.75. The van der Waals surface area contributed by atoms with E-state index in [1.54, 1.807) is 0 Å². The zero-order chi connectivity index (χ0) is 10.0. The van der Waals surface area contributed by atoms with Gasteiger partial charge in [-0.15, -0.1) is 11.8 Å². The molecule has 1 N–H and O–H groups in total. The normalized spacial score (nSPS) is 27.0. The van der Waals surface area contributed by atoms with Crippen LogP contribution in [0.3, 0.4) is 0 Å². The second-order valence-electron chi connectivity index (χ2n) is 4.04. The highest BCUT2D eigenvalue weighted by atomic mass is 32.2. The lowest BCUT2D eigenvalue weighted by Crippen LogP contribution is -2.14. The molecule has 1 aromatic rings. The summed E-state index contributed by atoms with van der Waals surface area (Å²) in [6.45, 7) is 4.41. The van der Waals surface area contributed by atoms with Gasteiger partial charge in [0.1, 0.15) is 5.82 Å². The van der Waals surface area contributed by atoms with Crippen LogP contribution < -0.4 is 0 Å². The van der Waals surface area contributed by atoms with Crippen LogP contribution in [0.2, 0.25) is 0 Å². The lowest BCUT2D eigenvalue weighted by Gasteiger charge is -2.17. The average molecular weight is 211 g/mol. The van der Waals surface area contributed by atoms with E-state index in [2.05, 4.69) is 29.0 Å². The van der Waals surface area contributed by atoms with E-state index in [-0.39, 0.29) is 4.75 Å². The molecule has 1 saturated heterocycles. The largest absolute Gasteiger partial charge is 0.263 e. The molecule has 1 aliphatic heterocycles. The number of aromatic amines is 1. The maximum absolute atomic E-state index is 4.57. The highest BCUT2D eigenvalue weighted by Crippen LogP contribution is 2.44. The first kappa shape index (κ1) is 10.0. The molecule has 0 bridgehead atoms. The van der Waals surface area contributed by atoms with Crippen molar-refractivity contribution >= 4 is 11.8 Å². The predicted octanol–water partition coefficient (Wildman–Crippen LogP) is 2.50. The molecule has 1 fully saturated rings. The number of nitrogens with one attached hydrogen (secondary N) is 1. The summed E-state index contributed by atoms with van der Waals surface area (Å²) in [5, 5.41) is 7.37. The SMILES string of the molecule is CCCc1nc(C2(C)CCCS2)n[nH]1. The third-order valence-electron chi connectivity index (χ3n) is 2.71. The fourth-order valence-corrected chi connectivity index (χ4v) is 3.08. The van der Waals surface area contributed by atoms with Crippen LogP contribution in [0.15, 0.2) is 0 Å². The van der Waals surface area contributed by atoms with Gasteiger partial charge in [0.15, 0.2) is 5.82 Å². The Hall–Kier alpha value is -0.510. The molecule has 0 aromatic carbocycles. The van der Waals surface area contributed by atoms with Crippen molar-refractivity contribution in [2.75, 3.05) is 5.75 Å². The van der Waals surface area contributed by atoms with Gasteiger partial charge in [-0.25, -0.2) is 4.98 Å². The molecule has 1 atom stereocenters. The quantitative estimate of drug-likeness (QED) is 0.835. The van der Waals surface area contributed by atoms with E-state index in [0.717, 1.165) is 24.5 Å². The summed E-state index contributed by atoms with van der Waals surface area (Å²) >= 11 is 1.98. The van der Waals surface area contributed by atoms with Crippen LogP contribution in [-0.4, -0.2) is 20.9 Å². The molecular weight excluding hydrogens is 194 g/mol. The zero-order valence-corrected chi connectivity index (χ0v) is 9.65. The monoisotopic (exact) mass is 211 g/mol. The number of rotatable bonds is 3. The Morgan fingerprint density at radius 3 is 3.07 bits per heavy atom. The summed E-state index contributed by atoms with van der Waals surface area (Å²) < 4.78 is 0.169. The molecule has 14 heavy (non-hydrogen) atoms. The van der Waals surface area contributed by atoms with E-state index < -0.39 is 0 Å². The fourth-order valence-electron chi connectivity index (χ4n) is 1.84. The summed E-state index contributed by atoms with van der Waals surface area (Å²) in [7, 11) is 0. The molecule has 0 radical (unpaired) electrons. The topological polar surface area (TPSA) is 41.6 Å². The number of H-pyrrole nitrogens is 1. The van der Waals surface area contributed by atoms with Gasteiger partial charge < -0.3 is 0 Å². The van der Waals surface area contributed by atoms with Crippen LogP contribution in [0.1, 0.15) is 44.8 Å². The van der Waals surface area contributed by atoms with Crippen molar-refractivity contribution in [3.05, 3.63) is 11.6 Å². The van der Waals surface area contributed by atoms with Gasteiger partial charge in [0.05, 0.1) is 4.75 Å². The van der Waals surface area contributed by atoms with Gasteiger partial charge in [-0.3, -0.25) is 5.10 Å². The van der Waals surface area contributed by atoms with Crippen LogP contribution in [0.25, 0.3) is 0 Å². The minimum absolute atomic E-state index is 0.169. The third-order valence-corrected chi connectivity index (χ3v) is 4.23. The van der Waals surface area contributed by atoms with Crippen molar-refractivity contribution < 1.29 is 0 Å². The molecule has 3 nitrogen and oxygen atoms in total. The van der Waals surface area contributed by atoms with Gasteiger partial charge >= 0.3 is 0 Å². The first-order chi connectivity index (χ1) is 6.74. The van der Waals surface area contributed by atoms with Crippen molar-refractivity contribution in [1.82, 2.24) is 15.2 Å². The molecule has 1 unspecified atom stereocenters. The Balaban J connectivity index is 2.15. The summed E-state index contributed by atoms with van der Waals surface area (Å²) in [6, 6.07) is 0. The zero-order valence-electron chi connectivity index (χ0n) is 8.84. The van der Waals surface area contributed by atoms with E-state index in [1.165, 1.54) is 18.6 Å². The van der Waals surface area contributed by atoms with Gasteiger partial charge in [-0.2, -0.15) is 5.10 Å². The minimum Gasteiger partial charge on any atom is -0.263 e. The lowest BCUT2D eigenvalue weighted by molar-refractivity contribution is 0.607. The molecular formula is C10H17N3S. The van der Waals surface area contributed by atoms with Gasteiger partial charge in [0.2, 0.25) is 0 Å². The van der Waals surface area contributed by atoms with Crippen molar-refractivity contribution in [2.45, 2.75) is 44.3 Å². The van der Waals surface area contributed by atoms with Gasteiger partial charge in [-0.1, -0.05) is 6.92 Å². The van der Waals surface area contributed by atoms with Crippen LogP contribution >= 0.6 is 11.8 Å². The number of nitrogens with zero attached hydrogens (tertiary/aromatic N) is 2. The fraction of sp³-hybridized carbons (Fsp3) is 0.800. The number of hydrogen-bond donors (Lipinski definition) is 1. The molecule has 78 valence electrons. The highest BCUT2D eigenvalue weighted by molar-refractivity contribution is 8.00. The van der Waals surface area contributed by atoms with Crippen LogP contribution in [0.4, 0.5) is 0 Å². The van der Waals surface area contributed by atoms with E-state index >= 15 is 0 Å². The molecule has 2 heterocycles. The van der Waals surface area contributed by atoms with Crippen molar-refractivity contribution in [3.63, 3.8) is 0 Å². The van der Waals surface area contributed by atoms with Crippen LogP contribution in [0, 0.1) is 0 Å². The Kier molecular flexibility index (Phi) is 2.81. The summed E-state index contributed by atoms with van der Waals surface area (Å²) in [5.74, 6) is 3.29. The number of aryl methyl sites for hydroxylation is 1. The second kappa shape index (κ2) is 3.93. The molecule has 1 aliphatic rings. The standard InChI is InChI=1S/C10H17N3S/c1-3-5-8-11-9(13-12-8)10(2)6-4-7-14-10/h3-7H2,1-2H3,(H,11,12,13). The summed E-state index contributed by atoms with van der Waals surface area (Å²) in [5.41, 5.74) is 0. The summed E-state index contributed by atoms with van der Waals surface area (Å²) in [4.78, 5) is 4.57. The van der Waals surface area contributed by atoms with Crippen molar-refractivity contribution in [1.29, 1.82) is 0 Å². The molecule has 4 heteroatoms. The van der Waals surface area contributed by atoms with E-state index in [4.69, 9.17) is 0 Å². The predicted molar refractivity (Wildman–Crippen MR) is 59.4 cm³/mol. The lowest BCUT2D eigenvalue weighted by atomic mass is 10.1. The van der Waals surface area contributed by atoms with E-state index in [9.17, 15) is 0 Å². The smallest absolute Gasteiger partial charge is 0.166 e. The molecule has 1 aromatic heterocycles. The molecule has 0 saturated carbocycles. The molecule has 0 amide bonds. The number of aromatic nitrogens is 3. The summed E-state index contributed by atoms with van der Waals surface area (Å²) in [6.07, 6.45) is 4.63. The van der Waals surface area contributed by atoms with Gasteiger partial charge in [0.25, 0.3) is 0 Å².